The van der Waals surface area contributed by atoms with Crippen molar-refractivity contribution in [1.82, 2.24) is 4.57 Å². The van der Waals surface area contributed by atoms with Crippen molar-refractivity contribution in [2.45, 2.75) is 34.2 Å². The van der Waals surface area contributed by atoms with Crippen molar-refractivity contribution in [2.24, 2.45) is 0 Å². The summed E-state index contributed by atoms with van der Waals surface area (Å²) in [6.07, 6.45) is 0. The Morgan fingerprint density at radius 1 is 0.968 bits per heavy atom. The minimum absolute atomic E-state index is 0.0726. The van der Waals surface area contributed by atoms with Crippen LogP contribution in [0.3, 0.4) is 0 Å². The molecular formula is C26H31N3O2. The van der Waals surface area contributed by atoms with Crippen LogP contribution in [-0.4, -0.2) is 36.8 Å². The molecule has 5 heteroatoms. The highest BCUT2D eigenvalue weighted by atomic mass is 16.5. The molecule has 0 aliphatic carbocycles. The Morgan fingerprint density at radius 2 is 1.68 bits per heavy atom. The molecule has 5 nitrogen and oxygen atoms in total. The number of hydrogen-bond acceptors (Lipinski definition) is 3. The second kappa shape index (κ2) is 8.98. The van der Waals surface area contributed by atoms with E-state index in [0.717, 1.165) is 41.4 Å². The molecule has 162 valence electrons. The van der Waals surface area contributed by atoms with Gasteiger partial charge in [0, 0.05) is 36.6 Å². The molecule has 0 spiro atoms. The molecule has 0 radical (unpaired) electrons. The number of rotatable bonds is 5. The van der Waals surface area contributed by atoms with E-state index in [9.17, 15) is 4.79 Å². The van der Waals surface area contributed by atoms with Gasteiger partial charge in [0.15, 0.2) is 0 Å². The summed E-state index contributed by atoms with van der Waals surface area (Å²) < 4.78 is 7.72. The highest BCUT2D eigenvalue weighted by Gasteiger charge is 2.27. The van der Waals surface area contributed by atoms with Gasteiger partial charge < -0.3 is 19.5 Å². The Balaban J connectivity index is 1.75. The maximum Gasteiger partial charge on any atom is 0.272 e. The van der Waals surface area contributed by atoms with Crippen LogP contribution in [-0.2, 0) is 11.3 Å². The summed E-state index contributed by atoms with van der Waals surface area (Å²) in [6, 6.07) is 16.4. The number of aryl methyl sites for hydroxylation is 2. The first kappa shape index (κ1) is 21.2. The zero-order valence-electron chi connectivity index (χ0n) is 18.9. The summed E-state index contributed by atoms with van der Waals surface area (Å²) in [7, 11) is 0. The van der Waals surface area contributed by atoms with Crippen LogP contribution < -0.4 is 10.2 Å². The predicted octanol–water partition coefficient (Wildman–Crippen LogP) is 4.86. The van der Waals surface area contributed by atoms with Gasteiger partial charge >= 0.3 is 0 Å². The number of nitrogens with one attached hydrogen (secondary N) is 1. The molecule has 1 saturated heterocycles. The number of ether oxygens (including phenoxy) is 1. The highest BCUT2D eigenvalue weighted by Crippen LogP contribution is 2.33. The first-order valence-electron chi connectivity index (χ1n) is 10.9. The SMILES string of the molecule is Cc1ccc(NC(=O)c2c(C)c(N3CCOCC3)c(C)n2Cc2cccc(C)c2)cc1. The zero-order valence-corrected chi connectivity index (χ0v) is 18.9. The standard InChI is InChI=1S/C26H31N3O2/c1-18-8-10-23(11-9-18)27-26(30)25-20(3)24(28-12-14-31-15-13-28)21(4)29(25)17-22-7-5-6-19(2)16-22/h5-11,16H,12-15,17H2,1-4H3,(H,27,30). The predicted molar refractivity (Wildman–Crippen MR) is 126 cm³/mol. The molecule has 1 fully saturated rings. The molecule has 0 saturated carbocycles. The van der Waals surface area contributed by atoms with Crippen LogP contribution in [0.15, 0.2) is 48.5 Å². The van der Waals surface area contributed by atoms with E-state index in [1.807, 2.05) is 31.2 Å². The van der Waals surface area contributed by atoms with Crippen LogP contribution in [0.2, 0.25) is 0 Å². The number of anilines is 2. The molecule has 1 amide bonds. The fraction of sp³-hybridized carbons (Fsp3) is 0.346. The number of aromatic nitrogens is 1. The van der Waals surface area contributed by atoms with Gasteiger partial charge in [0.1, 0.15) is 5.69 Å². The fourth-order valence-electron chi connectivity index (χ4n) is 4.45. The molecule has 1 aromatic heterocycles. The molecule has 1 aliphatic rings. The molecule has 0 atom stereocenters. The Kier molecular flexibility index (Phi) is 6.14. The van der Waals surface area contributed by atoms with E-state index in [4.69, 9.17) is 4.74 Å². The molecule has 4 rings (SSSR count). The van der Waals surface area contributed by atoms with Gasteiger partial charge in [-0.25, -0.2) is 0 Å². The van der Waals surface area contributed by atoms with Crippen LogP contribution >= 0.6 is 0 Å². The van der Waals surface area contributed by atoms with Crippen LogP contribution in [0.4, 0.5) is 11.4 Å². The molecule has 0 bridgehead atoms. The average molecular weight is 418 g/mol. The van der Waals surface area contributed by atoms with Crippen molar-refractivity contribution in [3.8, 4) is 0 Å². The van der Waals surface area contributed by atoms with E-state index in [-0.39, 0.29) is 5.91 Å². The normalized spacial score (nSPS) is 14.0. The Labute approximate surface area is 184 Å². The van der Waals surface area contributed by atoms with Gasteiger partial charge in [0.05, 0.1) is 18.9 Å². The number of hydrogen-bond donors (Lipinski definition) is 1. The second-order valence-corrected chi connectivity index (χ2v) is 8.40. The smallest absolute Gasteiger partial charge is 0.272 e. The number of carbonyl (C=O) groups is 1. The monoisotopic (exact) mass is 417 g/mol. The van der Waals surface area contributed by atoms with Crippen LogP contribution in [0.5, 0.6) is 0 Å². The maximum absolute atomic E-state index is 13.5. The molecule has 31 heavy (non-hydrogen) atoms. The van der Waals surface area contributed by atoms with E-state index >= 15 is 0 Å². The Bertz CT molecular complexity index is 1080. The van der Waals surface area contributed by atoms with E-state index in [2.05, 4.69) is 59.8 Å². The Hall–Kier alpha value is -3.05. The van der Waals surface area contributed by atoms with Gasteiger partial charge in [-0.15, -0.1) is 0 Å². The van der Waals surface area contributed by atoms with Crippen molar-refractivity contribution >= 4 is 17.3 Å². The topological polar surface area (TPSA) is 46.5 Å². The third-order valence-corrected chi connectivity index (χ3v) is 6.00. The zero-order chi connectivity index (χ0) is 22.0. The largest absolute Gasteiger partial charge is 0.378 e. The lowest BCUT2D eigenvalue weighted by Crippen LogP contribution is -2.36. The second-order valence-electron chi connectivity index (χ2n) is 8.40. The van der Waals surface area contributed by atoms with Crippen molar-refractivity contribution in [3.63, 3.8) is 0 Å². The maximum atomic E-state index is 13.5. The fourth-order valence-corrected chi connectivity index (χ4v) is 4.45. The number of morpholine rings is 1. The quantitative estimate of drug-likeness (QED) is 0.645. The first-order chi connectivity index (χ1) is 14.9. The van der Waals surface area contributed by atoms with Gasteiger partial charge in [-0.2, -0.15) is 0 Å². The van der Waals surface area contributed by atoms with E-state index in [1.165, 1.54) is 16.7 Å². The minimum Gasteiger partial charge on any atom is -0.378 e. The van der Waals surface area contributed by atoms with Crippen molar-refractivity contribution < 1.29 is 9.53 Å². The summed E-state index contributed by atoms with van der Waals surface area (Å²) in [5.41, 5.74) is 8.41. The van der Waals surface area contributed by atoms with E-state index < -0.39 is 0 Å². The third kappa shape index (κ3) is 4.52. The van der Waals surface area contributed by atoms with Crippen LogP contribution in [0.1, 0.15) is 38.4 Å². The van der Waals surface area contributed by atoms with Crippen molar-refractivity contribution in [3.05, 3.63) is 82.2 Å². The van der Waals surface area contributed by atoms with Crippen molar-refractivity contribution in [1.29, 1.82) is 0 Å². The van der Waals surface area contributed by atoms with E-state index in [0.29, 0.717) is 19.8 Å². The van der Waals surface area contributed by atoms with Gasteiger partial charge in [-0.05, 0) is 45.4 Å². The van der Waals surface area contributed by atoms with E-state index in [1.54, 1.807) is 0 Å². The summed E-state index contributed by atoms with van der Waals surface area (Å²) in [6.45, 7) is 12.1. The Morgan fingerprint density at radius 3 is 2.35 bits per heavy atom. The lowest BCUT2D eigenvalue weighted by Gasteiger charge is -2.29. The number of benzene rings is 2. The third-order valence-electron chi connectivity index (χ3n) is 6.00. The van der Waals surface area contributed by atoms with Gasteiger partial charge in [-0.3, -0.25) is 4.79 Å². The minimum atomic E-state index is -0.0726. The molecular weight excluding hydrogens is 386 g/mol. The van der Waals surface area contributed by atoms with Crippen molar-refractivity contribution in [2.75, 3.05) is 36.5 Å². The lowest BCUT2D eigenvalue weighted by molar-refractivity contribution is 0.101. The van der Waals surface area contributed by atoms with Gasteiger partial charge in [-0.1, -0.05) is 47.5 Å². The van der Waals surface area contributed by atoms with Crippen LogP contribution in [0.25, 0.3) is 0 Å². The average Bonchev–Trinajstić information content (AvgIpc) is 3.00. The van der Waals surface area contributed by atoms with Gasteiger partial charge in [0.25, 0.3) is 5.91 Å². The summed E-state index contributed by atoms with van der Waals surface area (Å²) >= 11 is 0. The molecule has 2 aromatic carbocycles. The van der Waals surface area contributed by atoms with Gasteiger partial charge in [0.2, 0.25) is 0 Å². The molecule has 1 aliphatic heterocycles. The summed E-state index contributed by atoms with van der Waals surface area (Å²) in [5, 5.41) is 3.10. The number of nitrogens with zero attached hydrogens (tertiary/aromatic N) is 2. The molecule has 1 N–H and O–H groups in total. The lowest BCUT2D eigenvalue weighted by atomic mass is 10.1. The first-order valence-corrected chi connectivity index (χ1v) is 10.9. The molecule has 0 unspecified atom stereocenters. The molecule has 2 heterocycles. The van der Waals surface area contributed by atoms with Crippen LogP contribution in [0, 0.1) is 27.7 Å². The summed E-state index contributed by atoms with van der Waals surface area (Å²) in [4.78, 5) is 15.8. The highest BCUT2D eigenvalue weighted by molar-refractivity contribution is 6.05. The summed E-state index contributed by atoms with van der Waals surface area (Å²) in [5.74, 6) is -0.0726. The number of amides is 1. The molecule has 3 aromatic rings. The number of carbonyl (C=O) groups excluding carboxylic acids is 1.